The van der Waals surface area contributed by atoms with Crippen molar-refractivity contribution in [3.63, 3.8) is 0 Å². The van der Waals surface area contributed by atoms with Gasteiger partial charge in [0.25, 0.3) is 5.91 Å². The molecule has 6 nitrogen and oxygen atoms in total. The van der Waals surface area contributed by atoms with Gasteiger partial charge in [0.1, 0.15) is 5.75 Å². The summed E-state index contributed by atoms with van der Waals surface area (Å²) in [6.07, 6.45) is 0.378. The van der Waals surface area contributed by atoms with Crippen LogP contribution in [0.15, 0.2) is 12.1 Å². The first-order valence-electron chi connectivity index (χ1n) is 8.36. The summed E-state index contributed by atoms with van der Waals surface area (Å²) in [7, 11) is 1.58. The topological polar surface area (TPSA) is 59.1 Å². The highest BCUT2D eigenvalue weighted by Gasteiger charge is 2.24. The molecule has 0 aromatic heterocycles. The Morgan fingerprint density at radius 2 is 1.56 bits per heavy atom. The number of halogens is 1. The third kappa shape index (κ3) is 5.34. The molecule has 1 aliphatic heterocycles. The number of benzene rings is 1. The number of carbonyl (C=O) groups is 2. The number of ether oxygens (including phenoxy) is 2. The van der Waals surface area contributed by atoms with E-state index < -0.39 is 0 Å². The summed E-state index contributed by atoms with van der Waals surface area (Å²) in [5, 5.41) is 0.716. The zero-order chi connectivity index (χ0) is 18.4. The first kappa shape index (κ1) is 19.5. The standard InChI is InChI=1S/C18H25ClN2O4/c1-13-10-15(11-14(2)18(13)19)25-12-17(23)21-7-5-20(6-8-21)16(22)4-9-24-3/h10-11H,4-9,12H2,1-3H3. The van der Waals surface area contributed by atoms with Gasteiger partial charge in [-0.2, -0.15) is 0 Å². The second-order valence-electron chi connectivity index (χ2n) is 6.16. The predicted molar refractivity (Wildman–Crippen MR) is 96.1 cm³/mol. The maximum atomic E-state index is 12.3. The zero-order valence-electron chi connectivity index (χ0n) is 15.0. The number of hydrogen-bond acceptors (Lipinski definition) is 4. The SMILES string of the molecule is COCCC(=O)N1CCN(C(=O)COc2cc(C)c(Cl)c(C)c2)CC1. The Hall–Kier alpha value is -1.79. The predicted octanol–water partition coefficient (Wildman–Crippen LogP) is 2.04. The van der Waals surface area contributed by atoms with Crippen LogP contribution in [0.25, 0.3) is 0 Å². The van der Waals surface area contributed by atoms with Crippen LogP contribution in [0.4, 0.5) is 0 Å². The van der Waals surface area contributed by atoms with Crippen molar-refractivity contribution in [3.05, 3.63) is 28.3 Å². The molecule has 0 aliphatic carbocycles. The summed E-state index contributed by atoms with van der Waals surface area (Å²) in [6, 6.07) is 3.66. The Balaban J connectivity index is 1.80. The fraction of sp³-hybridized carbons (Fsp3) is 0.556. The number of nitrogens with zero attached hydrogens (tertiary/aromatic N) is 2. The average molecular weight is 369 g/mol. The van der Waals surface area contributed by atoms with E-state index in [0.29, 0.717) is 50.0 Å². The molecule has 1 saturated heterocycles. The minimum absolute atomic E-state index is 0.0157. The molecule has 0 saturated carbocycles. The van der Waals surface area contributed by atoms with Gasteiger partial charge >= 0.3 is 0 Å². The van der Waals surface area contributed by atoms with Crippen LogP contribution in [0.5, 0.6) is 5.75 Å². The van der Waals surface area contributed by atoms with Crippen LogP contribution in [0.2, 0.25) is 5.02 Å². The first-order chi connectivity index (χ1) is 11.9. The van der Waals surface area contributed by atoms with E-state index in [9.17, 15) is 9.59 Å². The molecule has 1 aromatic rings. The lowest BCUT2D eigenvalue weighted by Gasteiger charge is -2.34. The van der Waals surface area contributed by atoms with E-state index in [-0.39, 0.29) is 18.4 Å². The van der Waals surface area contributed by atoms with Gasteiger partial charge in [-0.3, -0.25) is 9.59 Å². The maximum Gasteiger partial charge on any atom is 0.260 e. The molecule has 138 valence electrons. The van der Waals surface area contributed by atoms with Gasteiger partial charge in [-0.15, -0.1) is 0 Å². The molecule has 1 fully saturated rings. The molecule has 2 rings (SSSR count). The summed E-state index contributed by atoms with van der Waals surface area (Å²) < 4.78 is 10.5. The molecule has 0 bridgehead atoms. The number of carbonyl (C=O) groups excluding carboxylic acids is 2. The van der Waals surface area contributed by atoms with Gasteiger partial charge in [-0.25, -0.2) is 0 Å². The van der Waals surface area contributed by atoms with Gasteiger partial charge < -0.3 is 19.3 Å². The Bertz CT molecular complexity index is 604. The van der Waals surface area contributed by atoms with Crippen LogP contribution in [0.1, 0.15) is 17.5 Å². The molecule has 2 amide bonds. The zero-order valence-corrected chi connectivity index (χ0v) is 15.8. The third-order valence-corrected chi connectivity index (χ3v) is 4.87. The van der Waals surface area contributed by atoms with Gasteiger partial charge in [0.15, 0.2) is 6.61 Å². The Labute approximate surface area is 153 Å². The van der Waals surface area contributed by atoms with Crippen LogP contribution >= 0.6 is 11.6 Å². The molecular weight excluding hydrogens is 344 g/mol. The van der Waals surface area contributed by atoms with E-state index in [1.165, 1.54) is 0 Å². The van der Waals surface area contributed by atoms with Crippen molar-refractivity contribution >= 4 is 23.4 Å². The molecule has 0 atom stereocenters. The molecule has 7 heteroatoms. The summed E-state index contributed by atoms with van der Waals surface area (Å²) in [6.45, 7) is 6.37. The van der Waals surface area contributed by atoms with Crippen molar-refractivity contribution in [1.82, 2.24) is 9.80 Å². The monoisotopic (exact) mass is 368 g/mol. The first-order valence-corrected chi connectivity index (χ1v) is 8.74. The maximum absolute atomic E-state index is 12.3. The van der Waals surface area contributed by atoms with Gasteiger partial charge in [0.2, 0.25) is 5.91 Å². The summed E-state index contributed by atoms with van der Waals surface area (Å²) in [5.41, 5.74) is 1.85. The van der Waals surface area contributed by atoms with Crippen molar-refractivity contribution in [2.24, 2.45) is 0 Å². The fourth-order valence-corrected chi connectivity index (χ4v) is 2.89. The number of methoxy groups -OCH3 is 1. The number of aryl methyl sites for hydroxylation is 2. The molecule has 0 unspecified atom stereocenters. The molecular formula is C18H25ClN2O4. The lowest BCUT2D eigenvalue weighted by atomic mass is 10.1. The minimum Gasteiger partial charge on any atom is -0.484 e. The number of amides is 2. The molecule has 0 N–H and O–H groups in total. The van der Waals surface area contributed by atoms with Crippen molar-refractivity contribution < 1.29 is 19.1 Å². The van der Waals surface area contributed by atoms with Crippen LogP contribution in [-0.2, 0) is 14.3 Å². The van der Waals surface area contributed by atoms with E-state index in [1.807, 2.05) is 26.0 Å². The van der Waals surface area contributed by atoms with Crippen LogP contribution in [0, 0.1) is 13.8 Å². The Morgan fingerprint density at radius 3 is 2.08 bits per heavy atom. The van der Waals surface area contributed by atoms with Crippen LogP contribution in [-0.4, -0.2) is 68.1 Å². The third-order valence-electron chi connectivity index (χ3n) is 4.28. The molecule has 0 spiro atoms. The molecule has 1 aliphatic rings. The van der Waals surface area contributed by atoms with Crippen LogP contribution < -0.4 is 4.74 Å². The van der Waals surface area contributed by atoms with E-state index in [2.05, 4.69) is 0 Å². The van der Waals surface area contributed by atoms with Crippen molar-refractivity contribution in [3.8, 4) is 5.75 Å². The normalized spacial score (nSPS) is 14.6. The Kier molecular flexibility index (Phi) is 7.08. The number of piperazine rings is 1. The second kappa shape index (κ2) is 9.06. The molecule has 1 heterocycles. The average Bonchev–Trinajstić information content (AvgIpc) is 2.62. The summed E-state index contributed by atoms with van der Waals surface area (Å²) >= 11 is 6.13. The molecule has 0 radical (unpaired) electrons. The van der Waals surface area contributed by atoms with Crippen LogP contribution in [0.3, 0.4) is 0 Å². The highest BCUT2D eigenvalue weighted by Crippen LogP contribution is 2.25. The smallest absolute Gasteiger partial charge is 0.260 e. The van der Waals surface area contributed by atoms with Crippen molar-refractivity contribution in [1.29, 1.82) is 0 Å². The summed E-state index contributed by atoms with van der Waals surface area (Å²) in [5.74, 6) is 0.632. The minimum atomic E-state index is -0.0748. The summed E-state index contributed by atoms with van der Waals surface area (Å²) in [4.78, 5) is 27.8. The van der Waals surface area contributed by atoms with Crippen molar-refractivity contribution in [2.75, 3.05) is 46.5 Å². The van der Waals surface area contributed by atoms with E-state index in [4.69, 9.17) is 21.1 Å². The van der Waals surface area contributed by atoms with E-state index in [1.54, 1.807) is 16.9 Å². The van der Waals surface area contributed by atoms with Gasteiger partial charge in [-0.1, -0.05) is 11.6 Å². The lowest BCUT2D eigenvalue weighted by molar-refractivity contribution is -0.141. The van der Waals surface area contributed by atoms with Crippen molar-refractivity contribution in [2.45, 2.75) is 20.3 Å². The number of hydrogen-bond donors (Lipinski definition) is 0. The second-order valence-corrected chi connectivity index (χ2v) is 6.54. The highest BCUT2D eigenvalue weighted by molar-refractivity contribution is 6.32. The molecule has 25 heavy (non-hydrogen) atoms. The van der Waals surface area contributed by atoms with E-state index >= 15 is 0 Å². The highest BCUT2D eigenvalue weighted by atomic mass is 35.5. The lowest BCUT2D eigenvalue weighted by Crippen LogP contribution is -2.51. The largest absolute Gasteiger partial charge is 0.484 e. The van der Waals surface area contributed by atoms with Gasteiger partial charge in [0, 0.05) is 38.3 Å². The van der Waals surface area contributed by atoms with Gasteiger partial charge in [-0.05, 0) is 37.1 Å². The number of rotatable bonds is 6. The Morgan fingerprint density at radius 1 is 1.04 bits per heavy atom. The van der Waals surface area contributed by atoms with Gasteiger partial charge in [0.05, 0.1) is 13.0 Å². The quantitative estimate of drug-likeness (QED) is 0.771. The fourth-order valence-electron chi connectivity index (χ4n) is 2.78. The van der Waals surface area contributed by atoms with E-state index in [0.717, 1.165) is 11.1 Å². The molecule has 1 aromatic carbocycles.